The van der Waals surface area contributed by atoms with Gasteiger partial charge in [0.1, 0.15) is 5.75 Å². The maximum Gasteiger partial charge on any atom is 0.338 e. The number of benzene rings is 3. The number of fused-ring (bicyclic) bond motifs is 2. The molecule has 212 valence electrons. The van der Waals surface area contributed by atoms with E-state index >= 15 is 0 Å². The van der Waals surface area contributed by atoms with Gasteiger partial charge in [0.15, 0.2) is 4.80 Å². The molecule has 0 saturated heterocycles. The Kier molecular flexibility index (Phi) is 7.58. The summed E-state index contributed by atoms with van der Waals surface area (Å²) >= 11 is 7.77. The summed E-state index contributed by atoms with van der Waals surface area (Å²) in [7, 11) is 1.59. The number of carbonyl (C=O) groups excluding carboxylic acids is 1. The third-order valence-corrected chi connectivity index (χ3v) is 8.70. The van der Waals surface area contributed by atoms with E-state index in [4.69, 9.17) is 26.1 Å². The number of hydrogen-bond donors (Lipinski definition) is 0. The minimum atomic E-state index is -0.685. The van der Waals surface area contributed by atoms with Gasteiger partial charge < -0.3 is 14.0 Å². The third-order valence-electron chi connectivity index (χ3n) is 7.35. The van der Waals surface area contributed by atoms with Gasteiger partial charge in [0, 0.05) is 34.2 Å². The lowest BCUT2D eigenvalue weighted by molar-refractivity contribution is -0.139. The second-order valence-electron chi connectivity index (χ2n) is 9.90. The topological polar surface area (TPSA) is 74.8 Å². The van der Waals surface area contributed by atoms with E-state index in [-0.39, 0.29) is 12.2 Å². The first kappa shape index (κ1) is 27.8. The van der Waals surface area contributed by atoms with Gasteiger partial charge >= 0.3 is 5.97 Å². The lowest BCUT2D eigenvalue weighted by Crippen LogP contribution is -2.39. The standard InChI is InChI=1S/C33H28ClN3O4S/c1-4-41-32(39)29-20(2)35-33-37(30(29)21-13-15-24(40-3)16-14-21)31(38)28(42-33)17-23-19-36(27-12-8-6-10-25(23)27)18-22-9-5-7-11-26(22)34/h5-17,19,30H,4,18H2,1-3H3/b28-17+/t30-/m1/s1. The van der Waals surface area contributed by atoms with Crippen molar-refractivity contribution in [3.05, 3.63) is 132 Å². The highest BCUT2D eigenvalue weighted by Gasteiger charge is 2.33. The average molecular weight is 598 g/mol. The van der Waals surface area contributed by atoms with Gasteiger partial charge in [-0.25, -0.2) is 9.79 Å². The van der Waals surface area contributed by atoms with Gasteiger partial charge in [0.05, 0.1) is 35.6 Å². The SMILES string of the molecule is CCOC(=O)C1=C(C)N=c2s/c(=C/c3cn(Cc4ccccc4Cl)c4ccccc34)c(=O)n2[C@@H]1c1ccc(OC)cc1. The first-order chi connectivity index (χ1) is 20.4. The van der Waals surface area contributed by atoms with Crippen LogP contribution in [0.2, 0.25) is 5.02 Å². The van der Waals surface area contributed by atoms with Crippen LogP contribution in [0, 0.1) is 0 Å². The fourth-order valence-electron chi connectivity index (χ4n) is 5.37. The van der Waals surface area contributed by atoms with Crippen LogP contribution in [0.3, 0.4) is 0 Å². The minimum absolute atomic E-state index is 0.216. The Balaban J connectivity index is 1.51. The van der Waals surface area contributed by atoms with E-state index < -0.39 is 12.0 Å². The molecule has 0 spiro atoms. The number of carbonyl (C=O) groups is 1. The highest BCUT2D eigenvalue weighted by Crippen LogP contribution is 2.32. The Morgan fingerprint density at radius 2 is 1.81 bits per heavy atom. The van der Waals surface area contributed by atoms with Gasteiger partial charge in [-0.3, -0.25) is 9.36 Å². The molecule has 42 heavy (non-hydrogen) atoms. The van der Waals surface area contributed by atoms with E-state index in [1.807, 2.05) is 79.0 Å². The van der Waals surface area contributed by atoms with Crippen LogP contribution in [-0.2, 0) is 16.1 Å². The molecule has 3 heterocycles. The normalized spacial score (nSPS) is 15.0. The Morgan fingerprint density at radius 3 is 2.55 bits per heavy atom. The molecular formula is C33H28ClN3O4S. The zero-order chi connectivity index (χ0) is 29.4. The predicted octanol–water partition coefficient (Wildman–Crippen LogP) is 5.46. The largest absolute Gasteiger partial charge is 0.497 e. The van der Waals surface area contributed by atoms with Crippen molar-refractivity contribution in [2.75, 3.05) is 13.7 Å². The summed E-state index contributed by atoms with van der Waals surface area (Å²) in [5.74, 6) is 0.189. The molecule has 9 heteroatoms. The van der Waals surface area contributed by atoms with Crippen LogP contribution in [0.1, 0.15) is 36.6 Å². The van der Waals surface area contributed by atoms with E-state index in [0.29, 0.717) is 37.9 Å². The van der Waals surface area contributed by atoms with E-state index in [0.717, 1.165) is 27.6 Å². The quantitative estimate of drug-likeness (QED) is 0.233. The number of allylic oxidation sites excluding steroid dienone is 1. The average Bonchev–Trinajstić information content (AvgIpc) is 3.50. The smallest absolute Gasteiger partial charge is 0.338 e. The molecule has 6 rings (SSSR count). The highest BCUT2D eigenvalue weighted by atomic mass is 35.5. The summed E-state index contributed by atoms with van der Waals surface area (Å²) in [5, 5.41) is 1.72. The van der Waals surface area contributed by atoms with E-state index in [9.17, 15) is 9.59 Å². The van der Waals surface area contributed by atoms with E-state index in [1.165, 1.54) is 11.3 Å². The van der Waals surface area contributed by atoms with Crippen molar-refractivity contribution in [1.82, 2.24) is 9.13 Å². The summed E-state index contributed by atoms with van der Waals surface area (Å²) in [6.45, 7) is 4.35. The van der Waals surface area contributed by atoms with Crippen molar-refractivity contribution in [2.45, 2.75) is 26.4 Å². The molecule has 0 bridgehead atoms. The molecule has 0 unspecified atom stereocenters. The molecule has 1 aliphatic heterocycles. The number of hydrogen-bond acceptors (Lipinski definition) is 6. The van der Waals surface area contributed by atoms with Crippen LogP contribution in [0.15, 0.2) is 100 Å². The van der Waals surface area contributed by atoms with E-state index in [1.54, 1.807) is 25.5 Å². The molecule has 0 radical (unpaired) electrons. The van der Waals surface area contributed by atoms with Crippen LogP contribution < -0.4 is 19.6 Å². The number of ether oxygens (including phenoxy) is 2. The Bertz CT molecular complexity index is 2040. The van der Waals surface area contributed by atoms with Crippen molar-refractivity contribution >= 4 is 45.9 Å². The van der Waals surface area contributed by atoms with Gasteiger partial charge in [-0.2, -0.15) is 0 Å². The van der Waals surface area contributed by atoms with Crippen LogP contribution in [0.25, 0.3) is 17.0 Å². The lowest BCUT2D eigenvalue weighted by Gasteiger charge is -2.24. The van der Waals surface area contributed by atoms with Crippen LogP contribution in [0.5, 0.6) is 5.75 Å². The van der Waals surface area contributed by atoms with E-state index in [2.05, 4.69) is 10.6 Å². The summed E-state index contributed by atoms with van der Waals surface area (Å²) in [5.41, 5.74) is 4.36. The Hall–Kier alpha value is -4.40. The fraction of sp³-hybridized carbons (Fsp3) is 0.182. The third kappa shape index (κ3) is 4.97. The summed E-state index contributed by atoms with van der Waals surface area (Å²) < 4.78 is 15.0. The Labute approximate surface area is 251 Å². The van der Waals surface area contributed by atoms with Crippen LogP contribution in [0.4, 0.5) is 0 Å². The summed E-state index contributed by atoms with van der Waals surface area (Å²) in [6.07, 6.45) is 3.95. The number of para-hydroxylation sites is 1. The monoisotopic (exact) mass is 597 g/mol. The van der Waals surface area contributed by atoms with Gasteiger partial charge in [0.25, 0.3) is 5.56 Å². The molecule has 0 saturated carbocycles. The van der Waals surface area contributed by atoms with Gasteiger partial charge in [0.2, 0.25) is 0 Å². The minimum Gasteiger partial charge on any atom is -0.497 e. The molecule has 7 nitrogen and oxygen atoms in total. The maximum absolute atomic E-state index is 14.1. The molecule has 5 aromatic rings. The molecule has 1 aliphatic rings. The van der Waals surface area contributed by atoms with Crippen LogP contribution in [-0.4, -0.2) is 28.8 Å². The number of esters is 1. The highest BCUT2D eigenvalue weighted by molar-refractivity contribution is 7.07. The number of methoxy groups -OCH3 is 1. The lowest BCUT2D eigenvalue weighted by atomic mass is 9.96. The molecule has 0 aliphatic carbocycles. The van der Waals surface area contributed by atoms with Crippen molar-refractivity contribution in [3.63, 3.8) is 0 Å². The summed E-state index contributed by atoms with van der Waals surface area (Å²) in [4.78, 5) is 32.5. The second-order valence-corrected chi connectivity index (χ2v) is 11.3. The van der Waals surface area contributed by atoms with Gasteiger partial charge in [-0.15, -0.1) is 0 Å². The van der Waals surface area contributed by atoms with Gasteiger partial charge in [-0.05, 0) is 55.3 Å². The first-order valence-electron chi connectivity index (χ1n) is 13.5. The number of halogens is 1. The molecule has 0 fully saturated rings. The summed E-state index contributed by atoms with van der Waals surface area (Å²) in [6, 6.07) is 22.5. The van der Waals surface area contributed by atoms with Crippen molar-refractivity contribution < 1.29 is 14.3 Å². The molecule has 2 aromatic heterocycles. The molecular weight excluding hydrogens is 570 g/mol. The van der Waals surface area contributed by atoms with Gasteiger partial charge in [-0.1, -0.05) is 71.5 Å². The molecule has 1 atom stereocenters. The first-order valence-corrected chi connectivity index (χ1v) is 14.7. The fourth-order valence-corrected chi connectivity index (χ4v) is 6.60. The molecule has 0 N–H and O–H groups in total. The molecule has 0 amide bonds. The predicted molar refractivity (Wildman–Crippen MR) is 166 cm³/mol. The Morgan fingerprint density at radius 1 is 1.07 bits per heavy atom. The van der Waals surface area contributed by atoms with Crippen molar-refractivity contribution in [3.8, 4) is 5.75 Å². The number of rotatable bonds is 7. The van der Waals surface area contributed by atoms with Crippen LogP contribution >= 0.6 is 22.9 Å². The second kappa shape index (κ2) is 11.5. The van der Waals surface area contributed by atoms with Crippen molar-refractivity contribution in [1.29, 1.82) is 0 Å². The number of thiazole rings is 1. The number of aromatic nitrogens is 2. The zero-order valence-electron chi connectivity index (χ0n) is 23.3. The number of nitrogens with zero attached hydrogens (tertiary/aromatic N) is 3. The molecule has 3 aromatic carbocycles. The maximum atomic E-state index is 14.1. The zero-order valence-corrected chi connectivity index (χ0v) is 24.9. The van der Waals surface area contributed by atoms with Crippen molar-refractivity contribution in [2.24, 2.45) is 4.99 Å².